The van der Waals surface area contributed by atoms with E-state index in [2.05, 4.69) is 26.1 Å². The lowest BCUT2D eigenvalue weighted by Crippen LogP contribution is -2.28. The van der Waals surface area contributed by atoms with Crippen LogP contribution < -0.4 is 5.32 Å². The van der Waals surface area contributed by atoms with Crippen molar-refractivity contribution in [2.24, 2.45) is 5.92 Å². The van der Waals surface area contributed by atoms with E-state index in [4.69, 9.17) is 23.2 Å². The molecule has 18 heavy (non-hydrogen) atoms. The molecule has 0 aliphatic heterocycles. The third-order valence-corrected chi connectivity index (χ3v) is 3.81. The molecule has 1 atom stereocenters. The van der Waals surface area contributed by atoms with E-state index in [0.717, 1.165) is 25.8 Å². The van der Waals surface area contributed by atoms with Crippen molar-refractivity contribution < 1.29 is 0 Å². The van der Waals surface area contributed by atoms with Crippen LogP contribution >= 0.6 is 23.2 Å². The van der Waals surface area contributed by atoms with Crippen LogP contribution in [0.5, 0.6) is 0 Å². The van der Waals surface area contributed by atoms with Crippen LogP contribution in [0.2, 0.25) is 10.0 Å². The summed E-state index contributed by atoms with van der Waals surface area (Å²) >= 11 is 12.2. The predicted octanol–water partition coefficient (Wildman–Crippen LogP) is 5.47. The van der Waals surface area contributed by atoms with Crippen LogP contribution in [0.3, 0.4) is 0 Å². The van der Waals surface area contributed by atoms with Crippen molar-refractivity contribution in [1.29, 1.82) is 0 Å². The van der Waals surface area contributed by atoms with Gasteiger partial charge in [0.1, 0.15) is 0 Å². The van der Waals surface area contributed by atoms with Crippen LogP contribution in [0.1, 0.15) is 51.6 Å². The third-order valence-electron chi connectivity index (χ3n) is 3.38. The number of halogens is 2. The fraction of sp³-hybridized carbons (Fsp3) is 0.600. The molecule has 1 N–H and O–H groups in total. The number of hydrogen-bond acceptors (Lipinski definition) is 1. The molecule has 102 valence electrons. The first kappa shape index (κ1) is 15.8. The van der Waals surface area contributed by atoms with Crippen LogP contribution in [-0.4, -0.2) is 6.54 Å². The summed E-state index contributed by atoms with van der Waals surface area (Å²) in [5.41, 5.74) is 1.20. The van der Waals surface area contributed by atoms with Gasteiger partial charge in [-0.3, -0.25) is 0 Å². The lowest BCUT2D eigenvalue weighted by atomic mass is 9.89. The Kier molecular flexibility index (Phi) is 7.06. The Balaban J connectivity index is 2.99. The van der Waals surface area contributed by atoms with Crippen molar-refractivity contribution in [1.82, 2.24) is 5.32 Å². The van der Waals surface area contributed by atoms with Crippen molar-refractivity contribution in [2.45, 2.75) is 46.1 Å². The highest BCUT2D eigenvalue weighted by Gasteiger charge is 2.20. The average Bonchev–Trinajstić information content (AvgIpc) is 2.33. The highest BCUT2D eigenvalue weighted by atomic mass is 35.5. The van der Waals surface area contributed by atoms with E-state index in [1.807, 2.05) is 12.1 Å². The van der Waals surface area contributed by atoms with Crippen molar-refractivity contribution in [3.05, 3.63) is 33.8 Å². The summed E-state index contributed by atoms with van der Waals surface area (Å²) in [4.78, 5) is 0. The highest BCUT2D eigenvalue weighted by molar-refractivity contribution is 6.34. The van der Waals surface area contributed by atoms with E-state index in [1.165, 1.54) is 5.56 Å². The predicted molar refractivity (Wildman–Crippen MR) is 81.6 cm³/mol. The molecular weight excluding hydrogens is 265 g/mol. The molecule has 1 aromatic rings. The molecule has 0 spiro atoms. The normalized spacial score (nSPS) is 13.0. The van der Waals surface area contributed by atoms with Gasteiger partial charge in [0, 0.05) is 16.1 Å². The lowest BCUT2D eigenvalue weighted by Gasteiger charge is -2.27. The second-order valence-electron chi connectivity index (χ2n) is 4.71. The standard InChI is InChI=1S/C15H23Cl2N/c1-4-7-18-15(11(5-2)6-3)12-8-13(16)10-14(17)9-12/h8-11,15,18H,4-7H2,1-3H3. The van der Waals surface area contributed by atoms with E-state index in [0.29, 0.717) is 22.0 Å². The first-order valence-corrected chi connectivity index (χ1v) is 7.57. The fourth-order valence-electron chi connectivity index (χ4n) is 2.37. The Morgan fingerprint density at radius 1 is 1.00 bits per heavy atom. The Morgan fingerprint density at radius 3 is 2.00 bits per heavy atom. The Bertz CT molecular complexity index is 341. The van der Waals surface area contributed by atoms with Crippen LogP contribution in [0.15, 0.2) is 18.2 Å². The van der Waals surface area contributed by atoms with Crippen molar-refractivity contribution in [3.8, 4) is 0 Å². The molecule has 0 aliphatic rings. The van der Waals surface area contributed by atoms with Gasteiger partial charge in [0.05, 0.1) is 0 Å². The molecule has 0 aromatic heterocycles. The fourth-order valence-corrected chi connectivity index (χ4v) is 2.91. The van der Waals surface area contributed by atoms with Gasteiger partial charge in [0.25, 0.3) is 0 Å². The quantitative estimate of drug-likeness (QED) is 0.701. The zero-order valence-electron chi connectivity index (χ0n) is 11.5. The van der Waals surface area contributed by atoms with Gasteiger partial charge in [0.15, 0.2) is 0 Å². The summed E-state index contributed by atoms with van der Waals surface area (Å²) < 4.78 is 0. The molecule has 1 nitrogen and oxygen atoms in total. The van der Waals surface area contributed by atoms with E-state index >= 15 is 0 Å². The highest BCUT2D eigenvalue weighted by Crippen LogP contribution is 2.31. The summed E-state index contributed by atoms with van der Waals surface area (Å²) in [5, 5.41) is 5.05. The van der Waals surface area contributed by atoms with E-state index in [9.17, 15) is 0 Å². The number of benzene rings is 1. The topological polar surface area (TPSA) is 12.0 Å². The minimum absolute atomic E-state index is 0.344. The molecule has 1 aromatic carbocycles. The molecular formula is C15H23Cl2N. The number of hydrogen-bond donors (Lipinski definition) is 1. The van der Waals surface area contributed by atoms with Gasteiger partial charge in [-0.2, -0.15) is 0 Å². The first-order valence-electron chi connectivity index (χ1n) is 6.81. The maximum absolute atomic E-state index is 6.11. The van der Waals surface area contributed by atoms with Gasteiger partial charge in [-0.05, 0) is 42.6 Å². The molecule has 1 unspecified atom stereocenters. The molecule has 0 aliphatic carbocycles. The van der Waals surface area contributed by atoms with Gasteiger partial charge in [0.2, 0.25) is 0 Å². The molecule has 0 heterocycles. The largest absolute Gasteiger partial charge is 0.310 e. The molecule has 0 fully saturated rings. The van der Waals surface area contributed by atoms with Gasteiger partial charge in [-0.15, -0.1) is 0 Å². The third kappa shape index (κ3) is 4.46. The van der Waals surface area contributed by atoms with Gasteiger partial charge < -0.3 is 5.32 Å². The molecule has 0 bridgehead atoms. The minimum Gasteiger partial charge on any atom is -0.310 e. The summed E-state index contributed by atoms with van der Waals surface area (Å²) in [6.07, 6.45) is 3.44. The number of nitrogens with one attached hydrogen (secondary N) is 1. The van der Waals surface area contributed by atoms with Crippen LogP contribution in [0.25, 0.3) is 0 Å². The van der Waals surface area contributed by atoms with Crippen molar-refractivity contribution >= 4 is 23.2 Å². The maximum Gasteiger partial charge on any atom is 0.0424 e. The van der Waals surface area contributed by atoms with Crippen LogP contribution in [-0.2, 0) is 0 Å². The van der Waals surface area contributed by atoms with E-state index in [-0.39, 0.29) is 0 Å². The summed E-state index contributed by atoms with van der Waals surface area (Å²) in [7, 11) is 0. The van der Waals surface area contributed by atoms with Gasteiger partial charge in [-0.25, -0.2) is 0 Å². The Hall–Kier alpha value is -0.240. The molecule has 0 saturated heterocycles. The number of rotatable bonds is 7. The zero-order chi connectivity index (χ0) is 13.5. The van der Waals surface area contributed by atoms with E-state index < -0.39 is 0 Å². The van der Waals surface area contributed by atoms with E-state index in [1.54, 1.807) is 6.07 Å². The molecule has 0 radical (unpaired) electrons. The maximum atomic E-state index is 6.11. The van der Waals surface area contributed by atoms with Crippen molar-refractivity contribution in [2.75, 3.05) is 6.54 Å². The Morgan fingerprint density at radius 2 is 1.56 bits per heavy atom. The van der Waals surface area contributed by atoms with Crippen molar-refractivity contribution in [3.63, 3.8) is 0 Å². The van der Waals surface area contributed by atoms with Crippen LogP contribution in [0, 0.1) is 5.92 Å². The van der Waals surface area contributed by atoms with Gasteiger partial charge >= 0.3 is 0 Å². The van der Waals surface area contributed by atoms with Gasteiger partial charge in [-0.1, -0.05) is 56.8 Å². The van der Waals surface area contributed by atoms with Crippen LogP contribution in [0.4, 0.5) is 0 Å². The first-order chi connectivity index (χ1) is 8.62. The molecule has 0 amide bonds. The summed E-state index contributed by atoms with van der Waals surface area (Å²) in [6.45, 7) is 7.68. The molecule has 3 heteroatoms. The SMILES string of the molecule is CCCNC(c1cc(Cl)cc(Cl)c1)C(CC)CC. The lowest BCUT2D eigenvalue weighted by molar-refractivity contribution is 0.341. The summed E-state index contributed by atoms with van der Waals surface area (Å²) in [5.74, 6) is 0.617. The smallest absolute Gasteiger partial charge is 0.0424 e. The second kappa shape index (κ2) is 8.04. The second-order valence-corrected chi connectivity index (χ2v) is 5.58. The monoisotopic (exact) mass is 287 g/mol. The zero-order valence-corrected chi connectivity index (χ0v) is 13.0. The molecule has 0 saturated carbocycles. The minimum atomic E-state index is 0.344. The Labute approximate surface area is 121 Å². The average molecular weight is 288 g/mol. The molecule has 1 rings (SSSR count). The summed E-state index contributed by atoms with van der Waals surface area (Å²) in [6, 6.07) is 6.19.